The lowest BCUT2D eigenvalue weighted by molar-refractivity contribution is -0.134. The standard InChI is InChI=1S/C18H24FNO2/c1-18-9-10-20(16(18)7-6-15(21)12-18)17(22)8-5-13-3-2-4-14(19)11-13/h2-4,11,15-16,21H,5-10,12H2,1H3/t15-,16-,18+/m1/s1. The van der Waals surface area contributed by atoms with Crippen molar-refractivity contribution < 1.29 is 14.3 Å². The van der Waals surface area contributed by atoms with Crippen molar-refractivity contribution >= 4 is 5.91 Å². The predicted octanol–water partition coefficient (Wildman–Crippen LogP) is 2.91. The Hall–Kier alpha value is -1.42. The van der Waals surface area contributed by atoms with E-state index in [2.05, 4.69) is 6.92 Å². The van der Waals surface area contributed by atoms with Crippen LogP contribution in [0, 0.1) is 11.2 Å². The minimum atomic E-state index is -0.250. The maximum Gasteiger partial charge on any atom is 0.223 e. The lowest BCUT2D eigenvalue weighted by Crippen LogP contribution is -2.46. The topological polar surface area (TPSA) is 40.5 Å². The van der Waals surface area contributed by atoms with Gasteiger partial charge in [-0.2, -0.15) is 0 Å². The number of aliphatic hydroxyl groups is 1. The number of carbonyl (C=O) groups excluding carboxylic acids is 1. The molecule has 1 saturated carbocycles. The van der Waals surface area contributed by atoms with Gasteiger partial charge in [0.1, 0.15) is 5.82 Å². The van der Waals surface area contributed by atoms with Crippen molar-refractivity contribution in [2.24, 2.45) is 5.41 Å². The predicted molar refractivity (Wildman–Crippen MR) is 82.8 cm³/mol. The molecule has 3 atom stereocenters. The summed E-state index contributed by atoms with van der Waals surface area (Å²) in [4.78, 5) is 14.6. The van der Waals surface area contributed by atoms with Crippen molar-refractivity contribution in [1.29, 1.82) is 0 Å². The molecule has 120 valence electrons. The first kappa shape index (κ1) is 15.5. The number of benzene rings is 1. The van der Waals surface area contributed by atoms with Gasteiger partial charge in [0.25, 0.3) is 0 Å². The number of carbonyl (C=O) groups is 1. The van der Waals surface area contributed by atoms with Crippen molar-refractivity contribution in [1.82, 2.24) is 4.90 Å². The van der Waals surface area contributed by atoms with Crippen LogP contribution < -0.4 is 0 Å². The number of aryl methyl sites for hydroxylation is 1. The number of hydrogen-bond acceptors (Lipinski definition) is 2. The smallest absolute Gasteiger partial charge is 0.223 e. The molecule has 1 heterocycles. The van der Waals surface area contributed by atoms with E-state index in [1.807, 2.05) is 11.0 Å². The summed E-state index contributed by atoms with van der Waals surface area (Å²) in [5.41, 5.74) is 0.931. The second-order valence-corrected chi connectivity index (χ2v) is 7.07. The van der Waals surface area contributed by atoms with Crippen molar-refractivity contribution in [2.45, 2.75) is 57.6 Å². The fourth-order valence-electron chi connectivity index (χ4n) is 4.19. The Morgan fingerprint density at radius 3 is 3.05 bits per heavy atom. The van der Waals surface area contributed by atoms with Crippen LogP contribution in [0.15, 0.2) is 24.3 Å². The van der Waals surface area contributed by atoms with Crippen LogP contribution >= 0.6 is 0 Å². The summed E-state index contributed by atoms with van der Waals surface area (Å²) in [7, 11) is 0. The molecule has 1 saturated heterocycles. The Balaban J connectivity index is 1.61. The molecular formula is C18H24FNO2. The third-order valence-corrected chi connectivity index (χ3v) is 5.42. The molecular weight excluding hydrogens is 281 g/mol. The fourth-order valence-corrected chi connectivity index (χ4v) is 4.19. The molecule has 22 heavy (non-hydrogen) atoms. The first-order valence-corrected chi connectivity index (χ1v) is 8.20. The van der Waals surface area contributed by atoms with Crippen molar-refractivity contribution in [2.75, 3.05) is 6.54 Å². The first-order valence-electron chi connectivity index (χ1n) is 8.20. The summed E-state index contributed by atoms with van der Waals surface area (Å²) in [6, 6.07) is 6.73. The molecule has 1 aliphatic heterocycles. The molecule has 1 N–H and O–H groups in total. The molecule has 1 aromatic rings. The highest BCUT2D eigenvalue weighted by Crippen LogP contribution is 2.46. The summed E-state index contributed by atoms with van der Waals surface area (Å²) in [6.45, 7) is 2.98. The minimum Gasteiger partial charge on any atom is -0.393 e. The van der Waals surface area contributed by atoms with E-state index in [9.17, 15) is 14.3 Å². The Kier molecular flexibility index (Phi) is 4.22. The van der Waals surface area contributed by atoms with Gasteiger partial charge in [-0.05, 0) is 55.2 Å². The van der Waals surface area contributed by atoms with E-state index in [0.717, 1.165) is 37.8 Å². The fraction of sp³-hybridized carbons (Fsp3) is 0.611. The Morgan fingerprint density at radius 2 is 2.27 bits per heavy atom. The van der Waals surface area contributed by atoms with Gasteiger partial charge in [0, 0.05) is 19.0 Å². The van der Waals surface area contributed by atoms with Crippen molar-refractivity contribution in [3.8, 4) is 0 Å². The highest BCUT2D eigenvalue weighted by molar-refractivity contribution is 5.77. The molecule has 3 rings (SSSR count). The summed E-state index contributed by atoms with van der Waals surface area (Å²) in [5.74, 6) is -0.0886. The largest absolute Gasteiger partial charge is 0.393 e. The first-order chi connectivity index (χ1) is 10.5. The lowest BCUT2D eigenvalue weighted by Gasteiger charge is -2.41. The monoisotopic (exact) mass is 305 g/mol. The molecule has 0 radical (unpaired) electrons. The summed E-state index contributed by atoms with van der Waals surface area (Å²) in [5, 5.41) is 9.89. The third-order valence-electron chi connectivity index (χ3n) is 5.42. The van der Waals surface area contributed by atoms with Crippen LogP contribution in [0.1, 0.15) is 44.6 Å². The third kappa shape index (κ3) is 3.02. The molecule has 1 aromatic carbocycles. The van der Waals surface area contributed by atoms with E-state index in [1.165, 1.54) is 12.1 Å². The molecule has 3 nitrogen and oxygen atoms in total. The van der Waals surface area contributed by atoms with Gasteiger partial charge in [0.15, 0.2) is 0 Å². The molecule has 2 aliphatic rings. The number of fused-ring (bicyclic) bond motifs is 1. The number of halogens is 1. The van der Waals surface area contributed by atoms with Gasteiger partial charge in [-0.25, -0.2) is 4.39 Å². The van der Waals surface area contributed by atoms with Crippen LogP contribution in [-0.4, -0.2) is 34.6 Å². The Bertz CT molecular complexity index is 562. The zero-order valence-electron chi connectivity index (χ0n) is 13.1. The maximum atomic E-state index is 13.2. The van der Waals surface area contributed by atoms with Crippen LogP contribution in [0.4, 0.5) is 4.39 Å². The zero-order valence-corrected chi connectivity index (χ0v) is 13.1. The number of amides is 1. The molecule has 4 heteroatoms. The van der Waals surface area contributed by atoms with Crippen LogP contribution in [-0.2, 0) is 11.2 Å². The molecule has 2 fully saturated rings. The molecule has 0 bridgehead atoms. The zero-order chi connectivity index (χ0) is 15.7. The van der Waals surface area contributed by atoms with E-state index in [4.69, 9.17) is 0 Å². The van der Waals surface area contributed by atoms with Crippen LogP contribution in [0.3, 0.4) is 0 Å². The van der Waals surface area contributed by atoms with E-state index < -0.39 is 0 Å². The average Bonchev–Trinajstić information content (AvgIpc) is 2.81. The van der Waals surface area contributed by atoms with Gasteiger partial charge < -0.3 is 10.0 Å². The van der Waals surface area contributed by atoms with E-state index in [0.29, 0.717) is 12.8 Å². The second-order valence-electron chi connectivity index (χ2n) is 7.07. The minimum absolute atomic E-state index is 0.0617. The number of aliphatic hydroxyl groups excluding tert-OH is 1. The Morgan fingerprint density at radius 1 is 1.45 bits per heavy atom. The average molecular weight is 305 g/mol. The van der Waals surface area contributed by atoms with Gasteiger partial charge in [-0.3, -0.25) is 4.79 Å². The normalized spacial score (nSPS) is 31.1. The molecule has 0 unspecified atom stereocenters. The second kappa shape index (κ2) is 5.99. The van der Waals surface area contributed by atoms with E-state index in [-0.39, 0.29) is 29.3 Å². The molecule has 0 aromatic heterocycles. The molecule has 1 aliphatic carbocycles. The highest BCUT2D eigenvalue weighted by atomic mass is 19.1. The van der Waals surface area contributed by atoms with Crippen molar-refractivity contribution in [3.63, 3.8) is 0 Å². The van der Waals surface area contributed by atoms with Gasteiger partial charge >= 0.3 is 0 Å². The quantitative estimate of drug-likeness (QED) is 0.933. The summed E-state index contributed by atoms with van der Waals surface area (Å²) < 4.78 is 13.2. The van der Waals surface area contributed by atoms with Crippen LogP contribution in [0.2, 0.25) is 0 Å². The van der Waals surface area contributed by atoms with E-state index >= 15 is 0 Å². The van der Waals surface area contributed by atoms with Crippen molar-refractivity contribution in [3.05, 3.63) is 35.6 Å². The SMILES string of the molecule is C[C@@]12CCN(C(=O)CCc3cccc(F)c3)[C@@H]1CC[C@@H](O)C2. The number of nitrogens with zero attached hydrogens (tertiary/aromatic N) is 1. The van der Waals surface area contributed by atoms with Crippen LogP contribution in [0.5, 0.6) is 0 Å². The van der Waals surface area contributed by atoms with Gasteiger partial charge in [0.2, 0.25) is 5.91 Å². The van der Waals surface area contributed by atoms with E-state index in [1.54, 1.807) is 6.07 Å². The lowest BCUT2D eigenvalue weighted by atomic mass is 9.71. The number of likely N-dealkylation sites (tertiary alicyclic amines) is 1. The summed E-state index contributed by atoms with van der Waals surface area (Å²) >= 11 is 0. The van der Waals surface area contributed by atoms with Crippen LogP contribution in [0.25, 0.3) is 0 Å². The molecule has 1 amide bonds. The molecule has 0 spiro atoms. The van der Waals surface area contributed by atoms with Gasteiger partial charge in [-0.15, -0.1) is 0 Å². The number of rotatable bonds is 3. The van der Waals surface area contributed by atoms with Gasteiger partial charge in [-0.1, -0.05) is 19.1 Å². The summed E-state index contributed by atoms with van der Waals surface area (Å²) in [6.07, 6.45) is 4.24. The maximum absolute atomic E-state index is 13.2. The Labute approximate surface area is 131 Å². The van der Waals surface area contributed by atoms with Gasteiger partial charge in [0.05, 0.1) is 6.10 Å². The highest BCUT2D eigenvalue weighted by Gasteiger charge is 2.48. The number of hydrogen-bond donors (Lipinski definition) is 1.